The Morgan fingerprint density at radius 1 is 0.983 bits per heavy atom. The highest BCUT2D eigenvalue weighted by Gasteiger charge is 2.48. The molecule has 6 N–H and O–H groups in total. The molecule has 9 nitrogen and oxygen atoms in total. The van der Waals surface area contributed by atoms with Crippen molar-refractivity contribution in [3.05, 3.63) is 89.1 Å². The molecular formula is C51H65N3O6. The third kappa shape index (κ3) is 10.9. The number of methoxy groups -OCH3 is 1. The van der Waals surface area contributed by atoms with Crippen LogP contribution in [-0.4, -0.2) is 62.8 Å². The molecule has 0 amide bonds. The van der Waals surface area contributed by atoms with Crippen LogP contribution in [0.2, 0.25) is 0 Å². The molecule has 4 aliphatic rings. The van der Waals surface area contributed by atoms with Gasteiger partial charge in [-0.05, 0) is 123 Å². The molecule has 3 aromatic rings. The van der Waals surface area contributed by atoms with Crippen LogP contribution in [0.3, 0.4) is 0 Å². The second-order valence-electron chi connectivity index (χ2n) is 18.2. The predicted molar refractivity (Wildman–Crippen MR) is 236 cm³/mol. The SMILES string of the molecule is COc1cc2c(cc1O)C(CCC(O)CC(C=Cc1ccccc1)c1ccnc(N)c1)C#CC(C(O)CCCCC1CC3CCC(=O)CC3NC13CCCCC3)C(=O)CC2. The van der Waals surface area contributed by atoms with E-state index in [1.54, 1.807) is 18.3 Å². The molecule has 8 atom stereocenters. The maximum Gasteiger partial charge on any atom is 0.160 e. The monoisotopic (exact) mass is 815 g/mol. The number of carbonyl (C=O) groups is 2. The summed E-state index contributed by atoms with van der Waals surface area (Å²) in [5.41, 5.74) is 9.91. The number of Topliss-reactive ketones (excluding diaryl/α,β-unsaturated/α-hetero) is 2. The minimum absolute atomic E-state index is 0.00261. The molecule has 1 saturated heterocycles. The van der Waals surface area contributed by atoms with Gasteiger partial charge in [-0.25, -0.2) is 4.98 Å². The Hall–Kier alpha value is -4.49. The van der Waals surface area contributed by atoms with Gasteiger partial charge in [0.2, 0.25) is 0 Å². The molecule has 1 aromatic heterocycles. The van der Waals surface area contributed by atoms with Gasteiger partial charge in [0, 0.05) is 48.9 Å². The van der Waals surface area contributed by atoms with E-state index < -0.39 is 18.1 Å². The number of allylic oxidation sites excluding steroid dienone is 1. The Balaban J connectivity index is 1.03. The van der Waals surface area contributed by atoms with Gasteiger partial charge in [-0.2, -0.15) is 0 Å². The maximum atomic E-state index is 13.8. The summed E-state index contributed by atoms with van der Waals surface area (Å²) in [5.74, 6) is 7.54. The van der Waals surface area contributed by atoms with E-state index in [4.69, 9.17) is 10.5 Å². The number of carbonyl (C=O) groups excluding carboxylic acids is 2. The number of nitrogen functional groups attached to an aromatic ring is 1. The molecule has 0 radical (unpaired) electrons. The molecule has 2 saturated carbocycles. The quantitative estimate of drug-likeness (QED) is 0.0750. The van der Waals surface area contributed by atoms with E-state index in [-0.39, 0.29) is 35.3 Å². The number of ether oxygens (including phenoxy) is 1. The fourth-order valence-corrected chi connectivity index (χ4v) is 10.8. The van der Waals surface area contributed by atoms with E-state index >= 15 is 0 Å². The molecule has 3 fully saturated rings. The number of nitrogens with zero attached hydrogens (tertiary/aromatic N) is 1. The first kappa shape index (κ1) is 43.6. The normalized spacial score (nSPS) is 25.5. The van der Waals surface area contributed by atoms with Crippen LogP contribution in [0.1, 0.15) is 143 Å². The van der Waals surface area contributed by atoms with Crippen molar-refractivity contribution < 1.29 is 29.6 Å². The zero-order valence-corrected chi connectivity index (χ0v) is 35.4. The summed E-state index contributed by atoms with van der Waals surface area (Å²) in [5, 5.41) is 38.2. The number of rotatable bonds is 15. The Morgan fingerprint density at radius 2 is 1.80 bits per heavy atom. The van der Waals surface area contributed by atoms with Crippen molar-refractivity contribution in [1.82, 2.24) is 10.3 Å². The average molecular weight is 816 g/mol. The zero-order valence-electron chi connectivity index (χ0n) is 35.4. The summed E-state index contributed by atoms with van der Waals surface area (Å²) in [6.45, 7) is 0. The molecule has 9 heteroatoms. The number of ketones is 2. The fraction of sp³-hybridized carbons (Fsp3) is 0.549. The summed E-state index contributed by atoms with van der Waals surface area (Å²) in [7, 11) is 1.51. The van der Waals surface area contributed by atoms with E-state index in [1.807, 2.05) is 42.5 Å². The lowest BCUT2D eigenvalue weighted by atomic mass is 9.62. The first-order chi connectivity index (χ1) is 29.1. The molecular weight excluding hydrogens is 751 g/mol. The van der Waals surface area contributed by atoms with Crippen LogP contribution in [0.4, 0.5) is 5.82 Å². The standard InChI is InChI=1S/C51H65N3O6/c1-60-49-30-38-19-23-47(58)43(46(57)13-7-6-12-40-28-39-17-21-42(56)32-45(39)54-51(40)25-8-3-9-26-51)22-18-35(44(38)33-48(49)59)16-20-41(55)29-36(37-24-27-53-50(52)31-37)15-14-34-10-4-2-5-11-34/h2,4-5,10-11,14-15,24,27,30-31,33,35-36,39-41,43,45-46,54-55,57,59H,3,6-9,12-13,16-17,19-21,23,25-26,28-29,32H2,1H3,(H2,52,53). The van der Waals surface area contributed by atoms with Crippen molar-refractivity contribution in [3.63, 3.8) is 0 Å². The number of hydrogen-bond acceptors (Lipinski definition) is 9. The van der Waals surface area contributed by atoms with Gasteiger partial charge in [0.25, 0.3) is 0 Å². The van der Waals surface area contributed by atoms with Gasteiger partial charge in [-0.1, -0.05) is 86.4 Å². The summed E-state index contributed by atoms with van der Waals surface area (Å²) in [4.78, 5) is 30.3. The number of piperidine rings is 1. The van der Waals surface area contributed by atoms with E-state index in [0.29, 0.717) is 80.2 Å². The second kappa shape index (κ2) is 20.4. The topological polar surface area (TPSA) is 155 Å². The van der Waals surface area contributed by atoms with Crippen molar-refractivity contribution in [2.24, 2.45) is 17.8 Å². The highest BCUT2D eigenvalue weighted by molar-refractivity contribution is 5.85. The van der Waals surface area contributed by atoms with Crippen molar-refractivity contribution in [2.45, 2.75) is 151 Å². The van der Waals surface area contributed by atoms with E-state index in [2.05, 4.69) is 34.3 Å². The molecule has 7 rings (SSSR count). The predicted octanol–water partition coefficient (Wildman–Crippen LogP) is 8.60. The number of fused-ring (bicyclic) bond motifs is 2. The second-order valence-corrected chi connectivity index (χ2v) is 18.2. The lowest BCUT2D eigenvalue weighted by Crippen LogP contribution is -2.63. The number of nitrogens with two attached hydrogens (primary N) is 1. The number of hydrogen-bond donors (Lipinski definition) is 5. The summed E-state index contributed by atoms with van der Waals surface area (Å²) in [6, 6.07) is 17.6. The number of nitrogens with one attached hydrogen (secondary N) is 1. The molecule has 1 aliphatic heterocycles. The lowest BCUT2D eigenvalue weighted by Gasteiger charge is -2.54. The van der Waals surface area contributed by atoms with Crippen LogP contribution in [0, 0.1) is 29.6 Å². The number of aromatic nitrogens is 1. The number of phenolic OH excluding ortho intramolecular Hbond substituents is 1. The van der Waals surface area contributed by atoms with Crippen LogP contribution in [-0.2, 0) is 16.0 Å². The number of aromatic hydroxyl groups is 1. The highest BCUT2D eigenvalue weighted by Crippen LogP contribution is 2.47. The van der Waals surface area contributed by atoms with Gasteiger partial charge in [-0.15, -0.1) is 0 Å². The highest BCUT2D eigenvalue weighted by atomic mass is 16.5. The number of unbranched alkanes of at least 4 members (excludes halogenated alkanes) is 1. The largest absolute Gasteiger partial charge is 0.504 e. The summed E-state index contributed by atoms with van der Waals surface area (Å²) < 4.78 is 5.46. The molecule has 2 aromatic carbocycles. The maximum absolute atomic E-state index is 13.8. The van der Waals surface area contributed by atoms with Crippen LogP contribution in [0.5, 0.6) is 11.5 Å². The Kier molecular flexibility index (Phi) is 14.8. The van der Waals surface area contributed by atoms with Crippen molar-refractivity contribution in [1.29, 1.82) is 0 Å². The van der Waals surface area contributed by atoms with Crippen molar-refractivity contribution >= 4 is 23.5 Å². The number of pyridine rings is 1. The van der Waals surface area contributed by atoms with Gasteiger partial charge in [0.05, 0.1) is 19.3 Å². The number of aliphatic hydroxyl groups excluding tert-OH is 2. The molecule has 1 spiro atoms. The number of benzene rings is 2. The van der Waals surface area contributed by atoms with Crippen LogP contribution in [0.25, 0.3) is 6.08 Å². The summed E-state index contributed by atoms with van der Waals surface area (Å²) >= 11 is 0. The molecule has 60 heavy (non-hydrogen) atoms. The summed E-state index contributed by atoms with van der Waals surface area (Å²) in [6.07, 6.45) is 19.4. The zero-order chi connectivity index (χ0) is 42.1. The molecule has 0 bridgehead atoms. The van der Waals surface area contributed by atoms with E-state index in [0.717, 1.165) is 47.9 Å². The third-order valence-corrected chi connectivity index (χ3v) is 14.2. The van der Waals surface area contributed by atoms with Gasteiger partial charge in [0.15, 0.2) is 17.3 Å². The number of aliphatic hydroxyl groups is 2. The van der Waals surface area contributed by atoms with Crippen molar-refractivity contribution in [3.8, 4) is 23.3 Å². The Bertz CT molecular complexity index is 2020. The van der Waals surface area contributed by atoms with Crippen molar-refractivity contribution in [2.75, 3.05) is 12.8 Å². The Morgan fingerprint density at radius 3 is 2.58 bits per heavy atom. The number of aryl methyl sites for hydroxylation is 1. The average Bonchev–Trinajstić information content (AvgIpc) is 3.31. The molecule has 2 heterocycles. The number of anilines is 1. The third-order valence-electron chi connectivity index (χ3n) is 14.2. The first-order valence-corrected chi connectivity index (χ1v) is 22.6. The van der Waals surface area contributed by atoms with Crippen LogP contribution in [0.15, 0.2) is 66.9 Å². The van der Waals surface area contributed by atoms with Gasteiger partial charge < -0.3 is 31.1 Å². The molecule has 8 unspecified atom stereocenters. The molecule has 3 aliphatic carbocycles. The minimum atomic E-state index is -0.882. The Labute approximate surface area is 356 Å². The van der Waals surface area contributed by atoms with Gasteiger partial charge in [-0.3, -0.25) is 9.59 Å². The van der Waals surface area contributed by atoms with Gasteiger partial charge >= 0.3 is 0 Å². The van der Waals surface area contributed by atoms with E-state index in [9.17, 15) is 24.9 Å². The van der Waals surface area contributed by atoms with E-state index in [1.165, 1.54) is 45.6 Å². The molecule has 320 valence electrons. The number of phenols is 1. The minimum Gasteiger partial charge on any atom is -0.504 e. The fourth-order valence-electron chi connectivity index (χ4n) is 10.8. The first-order valence-electron chi connectivity index (χ1n) is 22.6. The lowest BCUT2D eigenvalue weighted by molar-refractivity contribution is -0.124. The smallest absolute Gasteiger partial charge is 0.160 e. The van der Waals surface area contributed by atoms with Crippen LogP contribution < -0.4 is 15.8 Å². The van der Waals surface area contributed by atoms with Gasteiger partial charge in [0.1, 0.15) is 17.5 Å². The van der Waals surface area contributed by atoms with Crippen LogP contribution >= 0.6 is 0 Å².